The quantitative estimate of drug-likeness (QED) is 0.926. The van der Waals surface area contributed by atoms with Crippen LogP contribution in [0.25, 0.3) is 0 Å². The number of aryl methyl sites for hydroxylation is 2. The molecule has 0 saturated carbocycles. The zero-order valence-electron chi connectivity index (χ0n) is 14.4. The molecule has 0 fully saturated rings. The standard InChI is InChI=1S/C17H24N2O4/c1-6-17(4)15(20)19(8-7-18-16(21)22-5)13-9-11(2)12(3)10-14(13)23-17/h9-10H,6-8H2,1-5H3,(H,18,21). The van der Waals surface area contributed by atoms with Crippen LogP contribution in [0, 0.1) is 13.8 Å². The Balaban J connectivity index is 2.33. The summed E-state index contributed by atoms with van der Waals surface area (Å²) < 4.78 is 10.5. The van der Waals surface area contributed by atoms with Crippen molar-refractivity contribution in [1.29, 1.82) is 0 Å². The molecule has 1 atom stereocenters. The number of methoxy groups -OCH3 is 1. The lowest BCUT2D eigenvalue weighted by molar-refractivity contribution is -0.134. The summed E-state index contributed by atoms with van der Waals surface area (Å²) >= 11 is 0. The minimum atomic E-state index is -0.889. The third kappa shape index (κ3) is 3.25. The molecule has 1 aliphatic heterocycles. The topological polar surface area (TPSA) is 67.9 Å². The van der Waals surface area contributed by atoms with E-state index in [1.54, 1.807) is 11.8 Å². The molecule has 1 heterocycles. The van der Waals surface area contributed by atoms with Crippen molar-refractivity contribution in [1.82, 2.24) is 5.32 Å². The number of benzene rings is 1. The molecule has 2 amide bonds. The molecule has 0 spiro atoms. The summed E-state index contributed by atoms with van der Waals surface area (Å²) in [7, 11) is 1.31. The molecular weight excluding hydrogens is 296 g/mol. The fraction of sp³-hybridized carbons (Fsp3) is 0.529. The number of hydrogen-bond donors (Lipinski definition) is 1. The number of fused-ring (bicyclic) bond motifs is 1. The highest BCUT2D eigenvalue weighted by atomic mass is 16.5. The van der Waals surface area contributed by atoms with Crippen LogP contribution in [-0.2, 0) is 9.53 Å². The van der Waals surface area contributed by atoms with Gasteiger partial charge in [-0.2, -0.15) is 0 Å². The lowest BCUT2D eigenvalue weighted by Crippen LogP contribution is -2.55. The van der Waals surface area contributed by atoms with Crippen LogP contribution >= 0.6 is 0 Å². The molecule has 1 unspecified atom stereocenters. The van der Waals surface area contributed by atoms with Gasteiger partial charge >= 0.3 is 6.09 Å². The molecule has 6 heteroatoms. The Morgan fingerprint density at radius 1 is 1.35 bits per heavy atom. The van der Waals surface area contributed by atoms with Crippen LogP contribution in [0.5, 0.6) is 5.75 Å². The molecule has 0 radical (unpaired) electrons. The number of anilines is 1. The molecule has 1 aromatic carbocycles. The van der Waals surface area contributed by atoms with Crippen molar-refractivity contribution in [3.63, 3.8) is 0 Å². The van der Waals surface area contributed by atoms with Crippen molar-refractivity contribution >= 4 is 17.7 Å². The summed E-state index contributed by atoms with van der Waals surface area (Å²) in [4.78, 5) is 25.7. The van der Waals surface area contributed by atoms with Gasteiger partial charge in [-0.3, -0.25) is 4.79 Å². The van der Waals surface area contributed by atoms with E-state index >= 15 is 0 Å². The van der Waals surface area contributed by atoms with Crippen LogP contribution in [0.1, 0.15) is 31.4 Å². The minimum Gasteiger partial charge on any atom is -0.476 e. The van der Waals surface area contributed by atoms with Gasteiger partial charge in [0.1, 0.15) is 5.75 Å². The smallest absolute Gasteiger partial charge is 0.406 e. The maximum Gasteiger partial charge on any atom is 0.406 e. The van der Waals surface area contributed by atoms with Gasteiger partial charge in [-0.15, -0.1) is 0 Å². The minimum absolute atomic E-state index is 0.0950. The largest absolute Gasteiger partial charge is 0.476 e. The molecule has 0 bridgehead atoms. The first kappa shape index (κ1) is 17.1. The van der Waals surface area contributed by atoms with Gasteiger partial charge in [0.15, 0.2) is 5.60 Å². The number of carbonyl (C=O) groups excluding carboxylic acids is 2. The monoisotopic (exact) mass is 320 g/mol. The number of alkyl carbamates (subject to hydrolysis) is 1. The van der Waals surface area contributed by atoms with Gasteiger partial charge in [0.2, 0.25) is 0 Å². The summed E-state index contributed by atoms with van der Waals surface area (Å²) in [5.74, 6) is 0.609. The number of nitrogens with one attached hydrogen (secondary N) is 1. The van der Waals surface area contributed by atoms with Crippen molar-refractivity contribution in [2.45, 2.75) is 39.7 Å². The lowest BCUT2D eigenvalue weighted by Gasteiger charge is -2.40. The molecule has 6 nitrogen and oxygen atoms in total. The normalized spacial score (nSPS) is 19.9. The Morgan fingerprint density at radius 2 is 2.00 bits per heavy atom. The van der Waals surface area contributed by atoms with E-state index in [2.05, 4.69) is 10.1 Å². The second-order valence-electron chi connectivity index (χ2n) is 5.97. The number of carbonyl (C=O) groups is 2. The molecule has 0 aliphatic carbocycles. The molecule has 23 heavy (non-hydrogen) atoms. The average molecular weight is 320 g/mol. The van der Waals surface area contributed by atoms with Crippen molar-refractivity contribution in [2.24, 2.45) is 0 Å². The fourth-order valence-corrected chi connectivity index (χ4v) is 2.54. The summed E-state index contributed by atoms with van der Waals surface area (Å²) in [5, 5.41) is 2.61. The van der Waals surface area contributed by atoms with E-state index in [1.807, 2.05) is 32.9 Å². The third-order valence-electron chi connectivity index (χ3n) is 4.36. The number of nitrogens with zero attached hydrogens (tertiary/aromatic N) is 1. The van der Waals surface area contributed by atoms with Crippen molar-refractivity contribution in [2.75, 3.05) is 25.1 Å². The van der Waals surface area contributed by atoms with E-state index in [0.717, 1.165) is 16.8 Å². The van der Waals surface area contributed by atoms with Gasteiger partial charge in [-0.25, -0.2) is 4.79 Å². The maximum atomic E-state index is 12.8. The average Bonchev–Trinajstić information content (AvgIpc) is 2.53. The summed E-state index contributed by atoms with van der Waals surface area (Å²) in [6, 6.07) is 3.92. The maximum absolute atomic E-state index is 12.8. The molecule has 126 valence electrons. The summed E-state index contributed by atoms with van der Waals surface area (Å²) in [6.07, 6.45) is 0.0586. The first-order chi connectivity index (χ1) is 10.8. The zero-order chi connectivity index (χ0) is 17.2. The van der Waals surface area contributed by atoms with E-state index in [-0.39, 0.29) is 5.91 Å². The summed E-state index contributed by atoms with van der Waals surface area (Å²) in [5.41, 5.74) is 2.06. The second-order valence-corrected chi connectivity index (χ2v) is 5.97. The highest BCUT2D eigenvalue weighted by Gasteiger charge is 2.43. The van der Waals surface area contributed by atoms with Crippen molar-refractivity contribution in [3.05, 3.63) is 23.3 Å². The van der Waals surface area contributed by atoms with Crippen molar-refractivity contribution < 1.29 is 19.1 Å². The fourth-order valence-electron chi connectivity index (χ4n) is 2.54. The number of rotatable bonds is 4. The van der Waals surface area contributed by atoms with Crippen LogP contribution in [0.4, 0.5) is 10.5 Å². The van der Waals surface area contributed by atoms with Gasteiger partial charge in [-0.1, -0.05) is 6.92 Å². The molecule has 0 aromatic heterocycles. The van der Waals surface area contributed by atoms with Crippen molar-refractivity contribution in [3.8, 4) is 5.75 Å². The molecule has 1 aliphatic rings. The molecule has 2 rings (SSSR count). The van der Waals surface area contributed by atoms with Crippen LogP contribution in [0.3, 0.4) is 0 Å². The first-order valence-corrected chi connectivity index (χ1v) is 7.76. The van der Waals surface area contributed by atoms with Gasteiger partial charge < -0.3 is 19.7 Å². The van der Waals surface area contributed by atoms with E-state index in [4.69, 9.17) is 4.74 Å². The van der Waals surface area contributed by atoms with E-state index in [1.165, 1.54) is 7.11 Å². The van der Waals surface area contributed by atoms with Crippen LogP contribution in [0.15, 0.2) is 12.1 Å². The van der Waals surface area contributed by atoms with Gasteiger partial charge in [-0.05, 0) is 50.5 Å². The predicted molar refractivity (Wildman–Crippen MR) is 88.0 cm³/mol. The number of ether oxygens (including phenoxy) is 2. The van der Waals surface area contributed by atoms with Gasteiger partial charge in [0, 0.05) is 13.1 Å². The summed E-state index contributed by atoms with van der Waals surface area (Å²) in [6.45, 7) is 8.41. The van der Waals surface area contributed by atoms with E-state index < -0.39 is 11.7 Å². The highest BCUT2D eigenvalue weighted by Crippen LogP contribution is 2.40. The predicted octanol–water partition coefficient (Wildman–Crippen LogP) is 2.55. The van der Waals surface area contributed by atoms with E-state index in [9.17, 15) is 9.59 Å². The number of hydrogen-bond acceptors (Lipinski definition) is 4. The van der Waals surface area contributed by atoms with Crippen LogP contribution in [-0.4, -0.2) is 37.8 Å². The Labute approximate surface area is 136 Å². The number of amides is 2. The Morgan fingerprint density at radius 3 is 2.61 bits per heavy atom. The van der Waals surface area contributed by atoms with Crippen LogP contribution < -0.4 is 15.0 Å². The van der Waals surface area contributed by atoms with Gasteiger partial charge in [0.25, 0.3) is 5.91 Å². The second kappa shape index (κ2) is 6.48. The molecular formula is C17H24N2O4. The Bertz CT molecular complexity index is 629. The highest BCUT2D eigenvalue weighted by molar-refractivity contribution is 6.02. The Kier molecular flexibility index (Phi) is 4.82. The lowest BCUT2D eigenvalue weighted by atomic mass is 9.96. The Hall–Kier alpha value is -2.24. The molecule has 1 N–H and O–H groups in total. The first-order valence-electron chi connectivity index (χ1n) is 7.76. The molecule has 0 saturated heterocycles. The van der Waals surface area contributed by atoms with E-state index in [0.29, 0.717) is 25.3 Å². The zero-order valence-corrected chi connectivity index (χ0v) is 14.4. The van der Waals surface area contributed by atoms with Gasteiger partial charge in [0.05, 0.1) is 12.8 Å². The molecule has 1 aromatic rings. The third-order valence-corrected chi connectivity index (χ3v) is 4.36. The van der Waals surface area contributed by atoms with Crippen LogP contribution in [0.2, 0.25) is 0 Å². The SMILES string of the molecule is CCC1(C)Oc2cc(C)c(C)cc2N(CCNC(=O)OC)C1=O.